The van der Waals surface area contributed by atoms with Gasteiger partial charge in [0.1, 0.15) is 0 Å². The summed E-state index contributed by atoms with van der Waals surface area (Å²) in [5.74, 6) is 0.497. The molecule has 2 amide bonds. The molecule has 2 N–H and O–H groups in total. The molecule has 4 rings (SSSR count). The Balaban J connectivity index is 1.20. The molecule has 6 heteroatoms. The number of hydrogen-bond donors (Lipinski definition) is 2. The molecule has 2 heterocycles. The Bertz CT molecular complexity index is 1070. The smallest absolute Gasteiger partial charge is 0.253 e. The van der Waals surface area contributed by atoms with Crippen LogP contribution in [-0.2, 0) is 11.2 Å². The van der Waals surface area contributed by atoms with Crippen LogP contribution in [0.4, 0.5) is 0 Å². The number of carbonyl (C=O) groups excluding carboxylic acids is 2. The summed E-state index contributed by atoms with van der Waals surface area (Å²) in [6, 6.07) is 13.5. The molecule has 1 saturated heterocycles. The summed E-state index contributed by atoms with van der Waals surface area (Å²) in [5, 5.41) is 4.86. The Morgan fingerprint density at radius 3 is 2.61 bits per heavy atom. The number of likely N-dealkylation sites (tertiary alicyclic amines) is 1. The molecule has 0 aliphatic carbocycles. The number of H-pyrrole nitrogens is 1. The standard InChI is InChI=1S/C25H28ClN3O2/c1-17-2-4-19(5-3-17)25(31)29-12-9-18(10-13-29)14-24(30)27-11-8-20-16-28-23-7-6-21(26)15-22(20)23/h2-7,15-16,18,28H,8-14H2,1H3,(H,27,30). The summed E-state index contributed by atoms with van der Waals surface area (Å²) in [5.41, 5.74) is 4.09. The molecule has 0 saturated carbocycles. The summed E-state index contributed by atoms with van der Waals surface area (Å²) in [7, 11) is 0. The van der Waals surface area contributed by atoms with Crippen LogP contribution in [-0.4, -0.2) is 41.3 Å². The van der Waals surface area contributed by atoms with Crippen LogP contribution in [0.1, 0.15) is 40.7 Å². The van der Waals surface area contributed by atoms with Gasteiger partial charge in [0.25, 0.3) is 5.91 Å². The van der Waals surface area contributed by atoms with Crippen molar-refractivity contribution >= 4 is 34.3 Å². The molecule has 162 valence electrons. The van der Waals surface area contributed by atoms with Gasteiger partial charge in [-0.2, -0.15) is 0 Å². The van der Waals surface area contributed by atoms with Crippen LogP contribution in [0, 0.1) is 12.8 Å². The van der Waals surface area contributed by atoms with Gasteiger partial charge in [0.2, 0.25) is 5.91 Å². The second-order valence-electron chi connectivity index (χ2n) is 8.41. The Kier molecular flexibility index (Phi) is 6.62. The van der Waals surface area contributed by atoms with E-state index < -0.39 is 0 Å². The average molecular weight is 438 g/mol. The van der Waals surface area contributed by atoms with Gasteiger partial charge < -0.3 is 15.2 Å². The molecular formula is C25H28ClN3O2. The van der Waals surface area contributed by atoms with Crippen molar-refractivity contribution in [3.63, 3.8) is 0 Å². The number of aromatic amines is 1. The quantitative estimate of drug-likeness (QED) is 0.585. The maximum Gasteiger partial charge on any atom is 0.253 e. The number of rotatable bonds is 6. The van der Waals surface area contributed by atoms with Crippen molar-refractivity contribution in [3.05, 3.63) is 70.4 Å². The normalized spacial score (nSPS) is 14.7. The number of carbonyl (C=O) groups is 2. The molecule has 1 aliphatic rings. The summed E-state index contributed by atoms with van der Waals surface area (Å²) in [6.45, 7) is 4.03. The number of hydrogen-bond acceptors (Lipinski definition) is 2. The van der Waals surface area contributed by atoms with Crippen LogP contribution in [0.2, 0.25) is 5.02 Å². The lowest BCUT2D eigenvalue weighted by molar-refractivity contribution is -0.122. The molecule has 0 unspecified atom stereocenters. The van der Waals surface area contributed by atoms with Gasteiger partial charge >= 0.3 is 0 Å². The first-order chi connectivity index (χ1) is 15.0. The molecule has 0 radical (unpaired) electrons. The second-order valence-corrected chi connectivity index (χ2v) is 8.85. The minimum atomic E-state index is 0.0844. The summed E-state index contributed by atoms with van der Waals surface area (Å²) >= 11 is 6.10. The Morgan fingerprint density at radius 1 is 1.13 bits per heavy atom. The van der Waals surface area contributed by atoms with Gasteiger partial charge in [-0.25, -0.2) is 0 Å². The number of fused-ring (bicyclic) bond motifs is 1. The van der Waals surface area contributed by atoms with Gasteiger partial charge in [-0.3, -0.25) is 9.59 Å². The van der Waals surface area contributed by atoms with Crippen molar-refractivity contribution in [2.45, 2.75) is 32.6 Å². The maximum absolute atomic E-state index is 12.6. The molecule has 2 aromatic carbocycles. The Labute approximate surface area is 187 Å². The zero-order valence-corrected chi connectivity index (χ0v) is 18.5. The van der Waals surface area contributed by atoms with E-state index in [0.717, 1.165) is 46.9 Å². The summed E-state index contributed by atoms with van der Waals surface area (Å²) in [6.07, 6.45) is 4.99. The predicted molar refractivity (Wildman–Crippen MR) is 124 cm³/mol. The fourth-order valence-corrected chi connectivity index (χ4v) is 4.42. The molecule has 5 nitrogen and oxygen atoms in total. The van der Waals surface area contributed by atoms with E-state index in [0.29, 0.717) is 37.0 Å². The van der Waals surface area contributed by atoms with E-state index in [2.05, 4.69) is 10.3 Å². The topological polar surface area (TPSA) is 65.2 Å². The maximum atomic E-state index is 12.6. The lowest BCUT2D eigenvalue weighted by atomic mass is 9.92. The van der Waals surface area contributed by atoms with Crippen LogP contribution >= 0.6 is 11.6 Å². The van der Waals surface area contributed by atoms with Crippen LogP contribution in [0.15, 0.2) is 48.7 Å². The minimum absolute atomic E-state index is 0.0844. The number of halogens is 1. The number of nitrogens with one attached hydrogen (secondary N) is 2. The highest BCUT2D eigenvalue weighted by molar-refractivity contribution is 6.31. The number of aromatic nitrogens is 1. The van der Waals surface area contributed by atoms with E-state index in [1.807, 2.05) is 60.5 Å². The highest BCUT2D eigenvalue weighted by atomic mass is 35.5. The van der Waals surface area contributed by atoms with E-state index in [-0.39, 0.29) is 11.8 Å². The highest BCUT2D eigenvalue weighted by Gasteiger charge is 2.25. The molecule has 0 atom stereocenters. The Hall–Kier alpha value is -2.79. The number of piperidine rings is 1. The average Bonchev–Trinajstić information content (AvgIpc) is 3.16. The molecule has 1 aromatic heterocycles. The van der Waals surface area contributed by atoms with Crippen LogP contribution in [0.25, 0.3) is 10.9 Å². The van der Waals surface area contributed by atoms with Crippen LogP contribution in [0.3, 0.4) is 0 Å². The zero-order valence-electron chi connectivity index (χ0n) is 17.8. The lowest BCUT2D eigenvalue weighted by Gasteiger charge is -2.31. The first kappa shape index (κ1) is 21.4. The number of aryl methyl sites for hydroxylation is 1. The first-order valence-electron chi connectivity index (χ1n) is 10.9. The van der Waals surface area contributed by atoms with E-state index in [9.17, 15) is 9.59 Å². The SMILES string of the molecule is Cc1ccc(C(=O)N2CCC(CC(=O)NCCc3c[nH]c4ccc(Cl)cc34)CC2)cc1. The summed E-state index contributed by atoms with van der Waals surface area (Å²) in [4.78, 5) is 30.2. The first-order valence-corrected chi connectivity index (χ1v) is 11.3. The van der Waals surface area contributed by atoms with Crippen LogP contribution in [0.5, 0.6) is 0 Å². The zero-order chi connectivity index (χ0) is 21.8. The monoisotopic (exact) mass is 437 g/mol. The van der Waals surface area contributed by atoms with Gasteiger partial charge in [0, 0.05) is 53.7 Å². The Morgan fingerprint density at radius 2 is 1.87 bits per heavy atom. The molecule has 3 aromatic rings. The van der Waals surface area contributed by atoms with E-state index in [4.69, 9.17) is 11.6 Å². The molecule has 0 spiro atoms. The van der Waals surface area contributed by atoms with E-state index in [1.54, 1.807) is 0 Å². The van der Waals surface area contributed by atoms with Gasteiger partial charge in [-0.1, -0.05) is 29.3 Å². The van der Waals surface area contributed by atoms with Gasteiger partial charge in [-0.15, -0.1) is 0 Å². The number of nitrogens with zero attached hydrogens (tertiary/aromatic N) is 1. The fourth-order valence-electron chi connectivity index (χ4n) is 4.25. The van der Waals surface area contributed by atoms with Crippen LogP contribution < -0.4 is 5.32 Å². The second kappa shape index (κ2) is 9.56. The molecule has 1 fully saturated rings. The lowest BCUT2D eigenvalue weighted by Crippen LogP contribution is -2.39. The van der Waals surface area contributed by atoms with Crippen molar-refractivity contribution < 1.29 is 9.59 Å². The molecule has 1 aliphatic heterocycles. The fraction of sp³-hybridized carbons (Fsp3) is 0.360. The molecule has 0 bridgehead atoms. The third kappa shape index (κ3) is 5.28. The largest absolute Gasteiger partial charge is 0.361 e. The van der Waals surface area contributed by atoms with Crippen molar-refractivity contribution in [2.75, 3.05) is 19.6 Å². The molecular weight excluding hydrogens is 410 g/mol. The number of benzene rings is 2. The van der Waals surface area contributed by atoms with Gasteiger partial charge in [-0.05, 0) is 68.0 Å². The van der Waals surface area contributed by atoms with Crippen molar-refractivity contribution in [1.82, 2.24) is 15.2 Å². The van der Waals surface area contributed by atoms with E-state index >= 15 is 0 Å². The molecule has 31 heavy (non-hydrogen) atoms. The van der Waals surface area contributed by atoms with Crippen molar-refractivity contribution in [3.8, 4) is 0 Å². The number of amides is 2. The predicted octanol–water partition coefficient (Wildman–Crippen LogP) is 4.73. The minimum Gasteiger partial charge on any atom is -0.361 e. The van der Waals surface area contributed by atoms with E-state index in [1.165, 1.54) is 0 Å². The van der Waals surface area contributed by atoms with Crippen molar-refractivity contribution in [2.24, 2.45) is 5.92 Å². The highest BCUT2D eigenvalue weighted by Crippen LogP contribution is 2.23. The van der Waals surface area contributed by atoms with Crippen molar-refractivity contribution in [1.29, 1.82) is 0 Å². The van der Waals surface area contributed by atoms with Gasteiger partial charge in [0.15, 0.2) is 0 Å². The van der Waals surface area contributed by atoms with Gasteiger partial charge in [0.05, 0.1) is 0 Å². The summed E-state index contributed by atoms with van der Waals surface area (Å²) < 4.78 is 0. The third-order valence-electron chi connectivity index (χ3n) is 6.12. The third-order valence-corrected chi connectivity index (χ3v) is 6.36.